The molecule has 24 heavy (non-hydrogen) atoms. The van der Waals surface area contributed by atoms with Crippen molar-refractivity contribution in [2.24, 2.45) is 11.8 Å². The fourth-order valence-electron chi connectivity index (χ4n) is 2.90. The molecular weight excluding hydrogens is 306 g/mol. The van der Waals surface area contributed by atoms with Crippen molar-refractivity contribution in [3.05, 3.63) is 33.9 Å². The number of amides is 1. The normalized spacial score (nSPS) is 15.6. The van der Waals surface area contributed by atoms with Crippen LogP contribution in [0.3, 0.4) is 0 Å². The van der Waals surface area contributed by atoms with E-state index < -0.39 is 4.92 Å². The topological polar surface area (TPSA) is 75.5 Å². The summed E-state index contributed by atoms with van der Waals surface area (Å²) in [6.45, 7) is 8.60. The number of hydrogen-bond acceptors (Lipinski definition) is 4. The molecule has 1 fully saturated rings. The van der Waals surface area contributed by atoms with E-state index in [-0.39, 0.29) is 11.6 Å². The highest BCUT2D eigenvalue weighted by Crippen LogP contribution is 2.32. The maximum Gasteiger partial charge on any atom is 0.293 e. The monoisotopic (exact) mass is 333 g/mol. The van der Waals surface area contributed by atoms with Gasteiger partial charge in [0.25, 0.3) is 11.6 Å². The molecule has 0 saturated carbocycles. The average Bonchev–Trinajstić information content (AvgIpc) is 2.54. The quantitative estimate of drug-likeness (QED) is 0.637. The lowest BCUT2D eigenvalue weighted by Gasteiger charge is -2.31. The first-order chi connectivity index (χ1) is 11.4. The molecule has 0 unspecified atom stereocenters. The van der Waals surface area contributed by atoms with Crippen molar-refractivity contribution in [3.63, 3.8) is 0 Å². The molecule has 1 saturated heterocycles. The fraction of sp³-hybridized carbons (Fsp3) is 0.611. The van der Waals surface area contributed by atoms with Gasteiger partial charge in [0.05, 0.1) is 4.92 Å². The summed E-state index contributed by atoms with van der Waals surface area (Å²) < 4.78 is 0. The summed E-state index contributed by atoms with van der Waals surface area (Å²) in [5.41, 5.74) is 0.978. The molecule has 1 amide bonds. The Morgan fingerprint density at radius 2 is 2.04 bits per heavy atom. The highest BCUT2D eigenvalue weighted by atomic mass is 16.6. The molecule has 0 radical (unpaired) electrons. The van der Waals surface area contributed by atoms with E-state index in [0.717, 1.165) is 32.4 Å². The summed E-state index contributed by atoms with van der Waals surface area (Å²) in [5, 5.41) is 14.3. The van der Waals surface area contributed by atoms with Crippen LogP contribution in [0.2, 0.25) is 0 Å². The Hall–Kier alpha value is -2.11. The minimum atomic E-state index is -0.391. The zero-order valence-electron chi connectivity index (χ0n) is 14.7. The molecule has 2 rings (SSSR count). The molecule has 6 heteroatoms. The van der Waals surface area contributed by atoms with Crippen molar-refractivity contribution in [2.45, 2.75) is 40.0 Å². The van der Waals surface area contributed by atoms with E-state index in [2.05, 4.69) is 31.0 Å². The third-order valence-electron chi connectivity index (χ3n) is 4.57. The Labute approximate surface area is 143 Å². The highest BCUT2D eigenvalue weighted by Gasteiger charge is 2.24. The molecule has 1 aromatic rings. The number of piperidine rings is 1. The Kier molecular flexibility index (Phi) is 6.17. The largest absolute Gasteiger partial charge is 0.366 e. The van der Waals surface area contributed by atoms with Crippen LogP contribution in [0.5, 0.6) is 0 Å². The second kappa shape index (κ2) is 8.13. The SMILES string of the molecule is CC(C)CCNC(=O)c1ccc(N2CCC(C)CC2)c([N+](=O)[O-])c1. The van der Waals surface area contributed by atoms with Crippen molar-refractivity contribution in [1.82, 2.24) is 5.32 Å². The molecule has 1 aliphatic heterocycles. The van der Waals surface area contributed by atoms with E-state index in [1.165, 1.54) is 6.07 Å². The average molecular weight is 333 g/mol. The lowest BCUT2D eigenvalue weighted by molar-refractivity contribution is -0.384. The van der Waals surface area contributed by atoms with Crippen LogP contribution in [0, 0.1) is 22.0 Å². The standard InChI is InChI=1S/C18H27N3O3/c1-13(2)6-9-19-18(22)15-4-5-16(17(12-15)21(23)24)20-10-7-14(3)8-11-20/h4-5,12-14H,6-11H2,1-3H3,(H,19,22). The van der Waals surface area contributed by atoms with Crippen LogP contribution in [-0.2, 0) is 0 Å². The molecule has 0 atom stereocenters. The van der Waals surface area contributed by atoms with Crippen LogP contribution >= 0.6 is 0 Å². The summed E-state index contributed by atoms with van der Waals surface area (Å²) >= 11 is 0. The van der Waals surface area contributed by atoms with Gasteiger partial charge >= 0.3 is 0 Å². The molecule has 0 aromatic heterocycles. The van der Waals surface area contributed by atoms with Gasteiger partial charge in [-0.2, -0.15) is 0 Å². The first kappa shape index (κ1) is 18.2. The fourth-order valence-corrected chi connectivity index (χ4v) is 2.90. The van der Waals surface area contributed by atoms with Crippen LogP contribution in [-0.4, -0.2) is 30.5 Å². The third kappa shape index (κ3) is 4.69. The number of benzene rings is 1. The smallest absolute Gasteiger partial charge is 0.293 e. The molecule has 132 valence electrons. The third-order valence-corrected chi connectivity index (χ3v) is 4.57. The van der Waals surface area contributed by atoms with E-state index in [4.69, 9.17) is 0 Å². The Bertz CT molecular complexity index is 593. The van der Waals surface area contributed by atoms with Crippen molar-refractivity contribution in [3.8, 4) is 0 Å². The molecule has 1 N–H and O–H groups in total. The van der Waals surface area contributed by atoms with Crippen molar-refractivity contribution >= 4 is 17.3 Å². The van der Waals surface area contributed by atoms with E-state index in [1.54, 1.807) is 12.1 Å². The zero-order chi connectivity index (χ0) is 17.7. The molecule has 0 bridgehead atoms. The molecule has 0 spiro atoms. The molecule has 1 aromatic carbocycles. The molecule has 1 heterocycles. The number of nitro benzene ring substituents is 1. The van der Waals surface area contributed by atoms with Crippen LogP contribution in [0.4, 0.5) is 11.4 Å². The second-order valence-electron chi connectivity index (χ2n) is 7.07. The number of rotatable bonds is 6. The maximum absolute atomic E-state index is 12.2. The lowest BCUT2D eigenvalue weighted by Crippen LogP contribution is -2.33. The van der Waals surface area contributed by atoms with E-state index in [0.29, 0.717) is 29.6 Å². The summed E-state index contributed by atoms with van der Waals surface area (Å²) in [7, 11) is 0. The Balaban J connectivity index is 2.14. The highest BCUT2D eigenvalue weighted by molar-refractivity contribution is 5.95. The van der Waals surface area contributed by atoms with Crippen LogP contribution < -0.4 is 10.2 Å². The van der Waals surface area contributed by atoms with Gasteiger partial charge in [-0.25, -0.2) is 0 Å². The molecule has 6 nitrogen and oxygen atoms in total. The van der Waals surface area contributed by atoms with Gasteiger partial charge in [-0.3, -0.25) is 14.9 Å². The van der Waals surface area contributed by atoms with Crippen LogP contribution in [0.25, 0.3) is 0 Å². The molecule has 0 aliphatic carbocycles. The predicted octanol–water partition coefficient (Wildman–Crippen LogP) is 3.61. The maximum atomic E-state index is 12.2. The van der Waals surface area contributed by atoms with Gasteiger partial charge in [-0.05, 0) is 43.2 Å². The van der Waals surface area contributed by atoms with Crippen molar-refractivity contribution in [1.29, 1.82) is 0 Å². The minimum absolute atomic E-state index is 0.0149. The number of carbonyl (C=O) groups is 1. The van der Waals surface area contributed by atoms with Gasteiger partial charge in [0.1, 0.15) is 5.69 Å². The van der Waals surface area contributed by atoms with Crippen LogP contribution in [0.15, 0.2) is 18.2 Å². The molecule has 1 aliphatic rings. The summed E-state index contributed by atoms with van der Waals surface area (Å²) in [4.78, 5) is 25.3. The number of anilines is 1. The van der Waals surface area contributed by atoms with Gasteiger partial charge < -0.3 is 10.2 Å². The van der Waals surface area contributed by atoms with Gasteiger partial charge in [0.15, 0.2) is 0 Å². The minimum Gasteiger partial charge on any atom is -0.366 e. The Morgan fingerprint density at radius 3 is 2.62 bits per heavy atom. The van der Waals surface area contributed by atoms with Gasteiger partial charge in [-0.15, -0.1) is 0 Å². The van der Waals surface area contributed by atoms with Gasteiger partial charge in [0, 0.05) is 31.3 Å². The summed E-state index contributed by atoms with van der Waals surface area (Å²) in [6, 6.07) is 4.80. The van der Waals surface area contributed by atoms with Crippen LogP contribution in [0.1, 0.15) is 50.4 Å². The summed E-state index contributed by atoms with van der Waals surface area (Å²) in [5.74, 6) is 0.910. The number of hydrogen-bond donors (Lipinski definition) is 1. The Morgan fingerprint density at radius 1 is 1.38 bits per heavy atom. The lowest BCUT2D eigenvalue weighted by atomic mass is 9.98. The number of nitrogens with one attached hydrogen (secondary N) is 1. The van der Waals surface area contributed by atoms with E-state index >= 15 is 0 Å². The van der Waals surface area contributed by atoms with Gasteiger partial charge in [0.2, 0.25) is 0 Å². The van der Waals surface area contributed by atoms with Crippen molar-refractivity contribution < 1.29 is 9.72 Å². The first-order valence-electron chi connectivity index (χ1n) is 8.70. The summed E-state index contributed by atoms with van der Waals surface area (Å²) in [6.07, 6.45) is 2.96. The number of nitrogens with zero attached hydrogens (tertiary/aromatic N) is 2. The number of carbonyl (C=O) groups excluding carboxylic acids is 1. The van der Waals surface area contributed by atoms with E-state index in [9.17, 15) is 14.9 Å². The predicted molar refractivity (Wildman–Crippen MR) is 95.5 cm³/mol. The zero-order valence-corrected chi connectivity index (χ0v) is 14.7. The molecular formula is C18H27N3O3. The second-order valence-corrected chi connectivity index (χ2v) is 7.07. The number of nitro groups is 1. The first-order valence-corrected chi connectivity index (χ1v) is 8.70. The van der Waals surface area contributed by atoms with E-state index in [1.807, 2.05) is 0 Å². The van der Waals surface area contributed by atoms with Crippen molar-refractivity contribution in [2.75, 3.05) is 24.5 Å². The van der Waals surface area contributed by atoms with Gasteiger partial charge in [-0.1, -0.05) is 20.8 Å².